The molecule has 0 aromatic rings. The lowest BCUT2D eigenvalue weighted by Crippen LogP contribution is -1.61. The summed E-state index contributed by atoms with van der Waals surface area (Å²) in [5.41, 5.74) is 1.37. The minimum atomic E-state index is 0.760. The topological polar surface area (TPSA) is 0 Å². The van der Waals surface area contributed by atoms with E-state index in [1.807, 2.05) is 6.07 Å². The Labute approximate surface area is 56.0 Å². The fourth-order valence-electron chi connectivity index (χ4n) is 0.944. The Balaban J connectivity index is 2.79. The second-order valence-electron chi connectivity index (χ2n) is 2.00. The maximum atomic E-state index is 3.17. The Hall–Kier alpha value is -0.740. The highest BCUT2D eigenvalue weighted by Crippen LogP contribution is 2.29. The van der Waals surface area contributed by atoms with Crippen molar-refractivity contribution >= 4 is 8.19 Å². The van der Waals surface area contributed by atoms with Crippen LogP contribution in [0, 0.1) is 5.80 Å². The van der Waals surface area contributed by atoms with Crippen molar-refractivity contribution in [3.8, 4) is 10.9 Å². The van der Waals surface area contributed by atoms with Crippen LogP contribution in [-0.2, 0) is 0 Å². The molecule has 1 aliphatic heterocycles. The van der Waals surface area contributed by atoms with Gasteiger partial charge < -0.3 is 0 Å². The molecule has 2 rings (SSSR count). The molecular formula is C8H6P. The van der Waals surface area contributed by atoms with Gasteiger partial charge in [-0.3, -0.25) is 0 Å². The smallest absolute Gasteiger partial charge is 0.00251 e. The van der Waals surface area contributed by atoms with Gasteiger partial charge in [0.15, 0.2) is 0 Å². The van der Waals surface area contributed by atoms with Crippen LogP contribution >= 0.6 is 8.19 Å². The van der Waals surface area contributed by atoms with Gasteiger partial charge in [0.2, 0.25) is 0 Å². The minimum Gasteiger partial charge on any atom is -0.123 e. The fourth-order valence-corrected chi connectivity index (χ4v) is 1.76. The lowest BCUT2D eigenvalue weighted by atomic mass is 10.3. The molecule has 43 valence electrons. The van der Waals surface area contributed by atoms with E-state index in [1.165, 1.54) is 10.9 Å². The van der Waals surface area contributed by atoms with E-state index < -0.39 is 0 Å². The summed E-state index contributed by atoms with van der Waals surface area (Å²) in [5, 5.41) is 1.43. The monoisotopic (exact) mass is 133 g/mol. The molecule has 9 heavy (non-hydrogen) atoms. The predicted octanol–water partition coefficient (Wildman–Crippen LogP) is 2.62. The highest BCUT2D eigenvalue weighted by molar-refractivity contribution is 7.32. The standard InChI is InChI=1S/C8H6P/c1-3-7-4-2-6-9-8(7)5-1/h1-5,9H. The summed E-state index contributed by atoms with van der Waals surface area (Å²) >= 11 is 0. The van der Waals surface area contributed by atoms with Crippen LogP contribution in [0.25, 0.3) is 10.9 Å². The quantitative estimate of drug-likeness (QED) is 0.518. The third-order valence-electron chi connectivity index (χ3n) is 1.40. The molecule has 0 spiro atoms. The van der Waals surface area contributed by atoms with Crippen molar-refractivity contribution in [2.24, 2.45) is 0 Å². The molecule has 1 heterocycles. The van der Waals surface area contributed by atoms with E-state index in [0.29, 0.717) is 0 Å². The van der Waals surface area contributed by atoms with Gasteiger partial charge in [-0.1, -0.05) is 24.3 Å². The van der Waals surface area contributed by atoms with E-state index in [1.54, 1.807) is 0 Å². The molecule has 1 unspecified atom stereocenters. The summed E-state index contributed by atoms with van der Waals surface area (Å²) in [6.07, 6.45) is 0. The van der Waals surface area contributed by atoms with Crippen LogP contribution in [0.5, 0.6) is 0 Å². The van der Waals surface area contributed by atoms with Crippen LogP contribution in [0.3, 0.4) is 0 Å². The van der Waals surface area contributed by atoms with Crippen molar-refractivity contribution in [1.82, 2.24) is 0 Å². The van der Waals surface area contributed by atoms with Crippen molar-refractivity contribution in [2.45, 2.75) is 0 Å². The molecule has 0 saturated heterocycles. The van der Waals surface area contributed by atoms with E-state index in [0.717, 1.165) is 8.19 Å². The second-order valence-corrected chi connectivity index (χ2v) is 3.07. The minimum absolute atomic E-state index is 0.760. The lowest BCUT2D eigenvalue weighted by Gasteiger charge is -1.92. The van der Waals surface area contributed by atoms with E-state index in [2.05, 4.69) is 30.1 Å². The summed E-state index contributed by atoms with van der Waals surface area (Å²) in [5.74, 6) is 3.17. The van der Waals surface area contributed by atoms with Gasteiger partial charge in [0.05, 0.1) is 0 Å². The van der Waals surface area contributed by atoms with Gasteiger partial charge in [0, 0.05) is 5.80 Å². The first-order chi connectivity index (χ1) is 4.47. The molecule has 1 aliphatic carbocycles. The van der Waals surface area contributed by atoms with Gasteiger partial charge in [0.1, 0.15) is 0 Å². The molecule has 0 saturated carbocycles. The van der Waals surface area contributed by atoms with Crippen molar-refractivity contribution in [1.29, 1.82) is 0 Å². The average molecular weight is 133 g/mol. The van der Waals surface area contributed by atoms with Crippen molar-refractivity contribution in [2.75, 3.05) is 0 Å². The largest absolute Gasteiger partial charge is 0.123 e. The van der Waals surface area contributed by atoms with Gasteiger partial charge in [-0.25, -0.2) is 0 Å². The molecule has 0 aromatic heterocycles. The normalized spacial score (nSPS) is 11.1. The molecule has 0 bridgehead atoms. The summed E-state index contributed by atoms with van der Waals surface area (Å²) < 4.78 is 0. The maximum Gasteiger partial charge on any atom is 0.00251 e. The first-order valence-corrected chi connectivity index (χ1v) is 3.90. The number of hydrogen-bond acceptors (Lipinski definition) is 0. The molecular weight excluding hydrogens is 127 g/mol. The van der Waals surface area contributed by atoms with Crippen LogP contribution in [0.4, 0.5) is 0 Å². The number of hydrogen-bond donors (Lipinski definition) is 0. The summed E-state index contributed by atoms with van der Waals surface area (Å²) in [6.45, 7) is 0. The van der Waals surface area contributed by atoms with Crippen LogP contribution in [0.2, 0.25) is 0 Å². The van der Waals surface area contributed by atoms with E-state index in [9.17, 15) is 0 Å². The third-order valence-corrected chi connectivity index (χ3v) is 2.44. The van der Waals surface area contributed by atoms with E-state index in [-0.39, 0.29) is 0 Å². The van der Waals surface area contributed by atoms with Crippen LogP contribution in [0.1, 0.15) is 0 Å². The number of fused-ring (bicyclic) bond motifs is 1. The van der Waals surface area contributed by atoms with Crippen molar-refractivity contribution in [3.05, 3.63) is 36.1 Å². The fraction of sp³-hybridized carbons (Fsp3) is 0. The molecule has 2 aliphatic rings. The van der Waals surface area contributed by atoms with Crippen molar-refractivity contribution in [3.63, 3.8) is 0 Å². The predicted molar refractivity (Wildman–Crippen MR) is 41.4 cm³/mol. The molecule has 1 heteroatoms. The Morgan fingerprint density at radius 2 is 2.22 bits per heavy atom. The van der Waals surface area contributed by atoms with Crippen LogP contribution in [0.15, 0.2) is 30.3 Å². The zero-order valence-electron chi connectivity index (χ0n) is 4.89. The SMILES string of the molecule is [c]1ccc2cccc-2[pH]1. The van der Waals surface area contributed by atoms with Gasteiger partial charge in [-0.05, 0) is 16.9 Å². The Kier molecular flexibility index (Phi) is 1.07. The summed E-state index contributed by atoms with van der Waals surface area (Å²) in [7, 11) is 0.760. The zero-order chi connectivity index (χ0) is 6.10. The molecule has 0 amide bonds. The van der Waals surface area contributed by atoms with E-state index >= 15 is 0 Å². The average Bonchev–Trinajstić information content (AvgIpc) is 2.33. The Morgan fingerprint density at radius 1 is 1.22 bits per heavy atom. The molecule has 1 radical (unpaired) electrons. The lowest BCUT2D eigenvalue weighted by molar-refractivity contribution is 1.84. The first kappa shape index (κ1) is 5.08. The summed E-state index contributed by atoms with van der Waals surface area (Å²) in [6, 6.07) is 10.5. The van der Waals surface area contributed by atoms with Gasteiger partial charge in [-0.15, -0.1) is 8.19 Å². The van der Waals surface area contributed by atoms with Crippen LogP contribution in [-0.4, -0.2) is 0 Å². The number of rotatable bonds is 0. The first-order valence-electron chi connectivity index (χ1n) is 2.90. The molecule has 1 atom stereocenters. The van der Waals surface area contributed by atoms with Gasteiger partial charge >= 0.3 is 0 Å². The Morgan fingerprint density at radius 3 is 3.11 bits per heavy atom. The highest BCUT2D eigenvalue weighted by Gasteiger charge is 1.95. The molecule has 0 nitrogen and oxygen atoms in total. The molecule has 0 aromatic carbocycles. The zero-order valence-corrected chi connectivity index (χ0v) is 5.89. The third kappa shape index (κ3) is 0.760. The molecule has 0 fully saturated rings. The van der Waals surface area contributed by atoms with E-state index in [4.69, 9.17) is 0 Å². The maximum absolute atomic E-state index is 3.17. The van der Waals surface area contributed by atoms with Gasteiger partial charge in [0.25, 0.3) is 0 Å². The molecule has 0 N–H and O–H groups in total. The van der Waals surface area contributed by atoms with Crippen LogP contribution < -0.4 is 0 Å². The highest BCUT2D eigenvalue weighted by atomic mass is 31.0. The van der Waals surface area contributed by atoms with Gasteiger partial charge in [-0.2, -0.15) is 0 Å². The Bertz CT molecular complexity index is 245. The second kappa shape index (κ2) is 1.89. The van der Waals surface area contributed by atoms with Crippen molar-refractivity contribution < 1.29 is 0 Å². The summed E-state index contributed by atoms with van der Waals surface area (Å²) in [4.78, 5) is 0.